The van der Waals surface area contributed by atoms with Gasteiger partial charge in [0.25, 0.3) is 0 Å². The molecule has 0 unspecified atom stereocenters. The maximum atomic E-state index is 14.1. The monoisotopic (exact) mass is 527 g/mol. The highest BCUT2D eigenvalue weighted by molar-refractivity contribution is 5.29. The predicted octanol–water partition coefficient (Wildman–Crippen LogP) is 9.27. The van der Waals surface area contributed by atoms with Crippen LogP contribution in [0.15, 0.2) is 36.6 Å². The molecular weight excluding hydrogens is 485 g/mol. The minimum atomic E-state index is -4.39. The second-order valence-electron chi connectivity index (χ2n) is 11.9. The molecule has 7 heteroatoms. The zero-order valence-electron chi connectivity index (χ0n) is 21.8. The molecule has 0 saturated heterocycles. The van der Waals surface area contributed by atoms with Crippen molar-refractivity contribution in [2.24, 2.45) is 11.8 Å². The lowest BCUT2D eigenvalue weighted by Gasteiger charge is -2.48. The van der Waals surface area contributed by atoms with Crippen molar-refractivity contribution in [3.63, 3.8) is 0 Å². The first kappa shape index (κ1) is 28.4. The van der Waals surface area contributed by atoms with Gasteiger partial charge in [-0.1, -0.05) is 50.8 Å². The second-order valence-corrected chi connectivity index (χ2v) is 11.9. The third kappa shape index (κ3) is 7.70. The predicted molar refractivity (Wildman–Crippen MR) is 137 cm³/mol. The van der Waals surface area contributed by atoms with Crippen LogP contribution in [0.1, 0.15) is 107 Å². The average molecular weight is 528 g/mol. The maximum Gasteiger partial charge on any atom is 0.416 e. The van der Waals surface area contributed by atoms with Crippen LogP contribution < -0.4 is 0 Å². The van der Waals surface area contributed by atoms with Gasteiger partial charge in [-0.25, -0.2) is 8.78 Å². The first-order valence-corrected chi connectivity index (χ1v) is 14.2. The lowest BCUT2D eigenvalue weighted by Crippen LogP contribution is -2.51. The van der Waals surface area contributed by atoms with E-state index in [-0.39, 0.29) is 42.5 Å². The van der Waals surface area contributed by atoms with Gasteiger partial charge in [-0.15, -0.1) is 0 Å². The lowest BCUT2D eigenvalue weighted by atomic mass is 9.72. The van der Waals surface area contributed by atoms with Gasteiger partial charge in [0.05, 0.1) is 11.3 Å². The Bertz CT molecular complexity index is 867. The van der Waals surface area contributed by atoms with Crippen LogP contribution in [0, 0.1) is 11.8 Å². The van der Waals surface area contributed by atoms with Crippen molar-refractivity contribution in [3.05, 3.63) is 47.7 Å². The molecule has 2 nitrogen and oxygen atoms in total. The van der Waals surface area contributed by atoms with Gasteiger partial charge in [-0.05, 0) is 80.5 Å². The van der Waals surface area contributed by atoms with Gasteiger partial charge in [0.15, 0.2) is 0 Å². The first-order valence-electron chi connectivity index (χ1n) is 14.2. The molecule has 1 aromatic carbocycles. The molecule has 3 atom stereocenters. The number of aliphatic hydroxyl groups is 1. The SMILES string of the molecule is C=C(O)C[C@@H]1CC[C@@H](N(CCC2CCCCC2)C2CCC(F)(F)CC2)[C@H](c2ccc(C(F)(F)F)cc2)C1. The highest BCUT2D eigenvalue weighted by Crippen LogP contribution is 2.45. The number of hydrogen-bond acceptors (Lipinski definition) is 2. The number of hydrogen-bond donors (Lipinski definition) is 1. The van der Waals surface area contributed by atoms with Crippen molar-refractivity contribution < 1.29 is 27.1 Å². The Hall–Kier alpha value is -1.63. The van der Waals surface area contributed by atoms with E-state index in [4.69, 9.17) is 0 Å². The highest BCUT2D eigenvalue weighted by Gasteiger charge is 2.42. The molecule has 0 aromatic heterocycles. The lowest BCUT2D eigenvalue weighted by molar-refractivity contribution is -0.137. The van der Waals surface area contributed by atoms with E-state index in [2.05, 4.69) is 11.5 Å². The molecule has 3 aliphatic carbocycles. The molecule has 3 fully saturated rings. The number of rotatable bonds is 8. The van der Waals surface area contributed by atoms with E-state index >= 15 is 0 Å². The number of aliphatic hydroxyl groups excluding tert-OH is 1. The normalized spacial score (nSPS) is 27.9. The van der Waals surface area contributed by atoms with Crippen molar-refractivity contribution in [2.45, 2.75) is 120 Å². The van der Waals surface area contributed by atoms with E-state index in [1.807, 2.05) is 0 Å². The Balaban J connectivity index is 1.59. The number of alkyl halides is 5. The molecule has 3 saturated carbocycles. The van der Waals surface area contributed by atoms with Gasteiger partial charge >= 0.3 is 6.18 Å². The minimum absolute atomic E-state index is 0.00539. The minimum Gasteiger partial charge on any atom is -0.513 e. The molecule has 0 bridgehead atoms. The molecule has 0 heterocycles. The van der Waals surface area contributed by atoms with E-state index in [0.29, 0.717) is 25.2 Å². The van der Waals surface area contributed by atoms with Crippen LogP contribution in [0.2, 0.25) is 0 Å². The van der Waals surface area contributed by atoms with Gasteiger partial charge in [-0.3, -0.25) is 4.90 Å². The van der Waals surface area contributed by atoms with E-state index in [0.717, 1.165) is 49.9 Å². The third-order valence-electron chi connectivity index (χ3n) is 9.21. The fourth-order valence-electron chi connectivity index (χ4n) is 7.22. The van der Waals surface area contributed by atoms with Crippen molar-refractivity contribution in [1.29, 1.82) is 0 Å². The van der Waals surface area contributed by atoms with Crippen molar-refractivity contribution in [1.82, 2.24) is 4.90 Å². The third-order valence-corrected chi connectivity index (χ3v) is 9.21. The maximum absolute atomic E-state index is 14.1. The summed E-state index contributed by atoms with van der Waals surface area (Å²) in [5, 5.41) is 9.84. The summed E-state index contributed by atoms with van der Waals surface area (Å²) in [7, 11) is 0. The van der Waals surface area contributed by atoms with Gasteiger partial charge in [0.1, 0.15) is 0 Å². The van der Waals surface area contributed by atoms with Crippen LogP contribution in [0.3, 0.4) is 0 Å². The Morgan fingerprint density at radius 2 is 1.57 bits per heavy atom. The first-order chi connectivity index (χ1) is 17.5. The molecule has 0 amide bonds. The molecule has 0 radical (unpaired) electrons. The largest absolute Gasteiger partial charge is 0.513 e. The van der Waals surface area contributed by atoms with E-state index < -0.39 is 17.7 Å². The van der Waals surface area contributed by atoms with Crippen LogP contribution in [-0.4, -0.2) is 34.6 Å². The quantitative estimate of drug-likeness (QED) is 0.269. The Morgan fingerprint density at radius 1 is 0.919 bits per heavy atom. The molecule has 3 aliphatic rings. The molecule has 4 rings (SSSR count). The van der Waals surface area contributed by atoms with Gasteiger partial charge in [0.2, 0.25) is 5.92 Å². The summed E-state index contributed by atoms with van der Waals surface area (Å²) in [6.45, 7) is 4.52. The fourth-order valence-corrected chi connectivity index (χ4v) is 7.22. The summed E-state index contributed by atoms with van der Waals surface area (Å²) in [6.07, 6.45) is 6.63. The molecule has 0 spiro atoms. The molecule has 37 heavy (non-hydrogen) atoms. The summed E-state index contributed by atoms with van der Waals surface area (Å²) in [6, 6.07) is 5.70. The summed E-state index contributed by atoms with van der Waals surface area (Å²) < 4.78 is 67.9. The number of halogens is 5. The molecule has 208 valence electrons. The molecule has 1 aromatic rings. The number of nitrogens with zero attached hydrogens (tertiary/aromatic N) is 1. The second kappa shape index (κ2) is 12.0. The topological polar surface area (TPSA) is 23.5 Å². The molecule has 0 aliphatic heterocycles. The number of benzene rings is 1. The molecular formula is C30H42F5NO. The smallest absolute Gasteiger partial charge is 0.416 e. The van der Waals surface area contributed by atoms with Crippen molar-refractivity contribution in [3.8, 4) is 0 Å². The number of allylic oxidation sites excluding steroid dienone is 1. The zero-order chi connectivity index (χ0) is 26.6. The average Bonchev–Trinajstić information content (AvgIpc) is 2.85. The summed E-state index contributed by atoms with van der Waals surface area (Å²) in [5.74, 6) is -1.60. The van der Waals surface area contributed by atoms with Crippen LogP contribution >= 0.6 is 0 Å². The Kier molecular flexibility index (Phi) is 9.24. The van der Waals surface area contributed by atoms with Gasteiger partial charge in [0, 0.05) is 31.3 Å². The van der Waals surface area contributed by atoms with Crippen LogP contribution in [0.4, 0.5) is 22.0 Å². The molecule has 1 N–H and O–H groups in total. The van der Waals surface area contributed by atoms with Crippen molar-refractivity contribution >= 4 is 0 Å². The Labute approximate surface area is 218 Å². The van der Waals surface area contributed by atoms with Gasteiger partial charge < -0.3 is 5.11 Å². The summed E-state index contributed by atoms with van der Waals surface area (Å²) in [4.78, 5) is 2.48. The van der Waals surface area contributed by atoms with E-state index in [9.17, 15) is 27.1 Å². The van der Waals surface area contributed by atoms with Gasteiger partial charge in [-0.2, -0.15) is 13.2 Å². The zero-order valence-corrected chi connectivity index (χ0v) is 21.8. The summed E-state index contributed by atoms with van der Waals surface area (Å²) >= 11 is 0. The Morgan fingerprint density at radius 3 is 2.16 bits per heavy atom. The van der Waals surface area contributed by atoms with Crippen molar-refractivity contribution in [2.75, 3.05) is 6.54 Å². The van der Waals surface area contributed by atoms with E-state index in [1.54, 1.807) is 12.1 Å². The highest BCUT2D eigenvalue weighted by atomic mass is 19.4. The van der Waals surface area contributed by atoms with E-state index in [1.165, 1.54) is 32.1 Å². The van der Waals surface area contributed by atoms with Crippen LogP contribution in [0.5, 0.6) is 0 Å². The van der Waals surface area contributed by atoms with Crippen LogP contribution in [-0.2, 0) is 6.18 Å². The fraction of sp³-hybridized carbons (Fsp3) is 0.733. The standard InChI is InChI=1S/C30H42F5NO/c1-21(37)19-23-7-12-28(27(20-23)24-8-10-25(11-9-24)30(33,34)35)36(18-15-22-5-3-2-4-6-22)26-13-16-29(31,32)17-14-26/h8-11,22-23,26-28,37H,1-7,12-20H2/t23-,27-,28+/m0/s1. The van der Waals surface area contributed by atoms with Crippen LogP contribution in [0.25, 0.3) is 0 Å². The summed E-state index contributed by atoms with van der Waals surface area (Å²) in [5.41, 5.74) is 0.211.